The maximum atomic E-state index is 13.0. The van der Waals surface area contributed by atoms with Crippen molar-refractivity contribution in [2.75, 3.05) is 11.4 Å². The summed E-state index contributed by atoms with van der Waals surface area (Å²) in [6, 6.07) is 9.35. The van der Waals surface area contributed by atoms with Crippen LogP contribution < -0.4 is 9.64 Å². The molecule has 1 aliphatic heterocycles. The molecule has 0 unspecified atom stereocenters. The molecular formula is C18H16N4O2S. The smallest absolute Gasteiger partial charge is 0.278 e. The van der Waals surface area contributed by atoms with Gasteiger partial charge < -0.3 is 4.74 Å². The molecule has 3 heterocycles. The van der Waals surface area contributed by atoms with E-state index in [1.807, 2.05) is 24.3 Å². The van der Waals surface area contributed by atoms with E-state index in [1.54, 1.807) is 28.7 Å². The molecule has 1 amide bonds. The monoisotopic (exact) mass is 352 g/mol. The summed E-state index contributed by atoms with van der Waals surface area (Å²) in [5, 5.41) is 2.39. The first-order chi connectivity index (χ1) is 12.3. The van der Waals surface area contributed by atoms with E-state index in [0.29, 0.717) is 23.1 Å². The van der Waals surface area contributed by atoms with E-state index < -0.39 is 0 Å². The Morgan fingerprint density at radius 3 is 2.88 bits per heavy atom. The van der Waals surface area contributed by atoms with Crippen molar-refractivity contribution in [2.24, 2.45) is 0 Å². The molecule has 1 aromatic carbocycles. The van der Waals surface area contributed by atoms with E-state index in [0.717, 1.165) is 17.9 Å². The van der Waals surface area contributed by atoms with Crippen LogP contribution in [0.1, 0.15) is 23.8 Å². The molecule has 3 aromatic rings. The minimum Gasteiger partial charge on any atom is -0.486 e. The molecule has 25 heavy (non-hydrogen) atoms. The van der Waals surface area contributed by atoms with E-state index in [2.05, 4.69) is 21.9 Å². The minimum atomic E-state index is -0.132. The second kappa shape index (κ2) is 6.60. The van der Waals surface area contributed by atoms with Crippen LogP contribution in [0.4, 0.5) is 5.69 Å². The Morgan fingerprint density at radius 1 is 1.28 bits per heavy atom. The van der Waals surface area contributed by atoms with Gasteiger partial charge in [0.25, 0.3) is 5.91 Å². The normalized spacial score (nSPS) is 16.2. The molecule has 6 nitrogen and oxygen atoms in total. The van der Waals surface area contributed by atoms with Gasteiger partial charge in [-0.3, -0.25) is 9.69 Å². The summed E-state index contributed by atoms with van der Waals surface area (Å²) in [5.74, 6) is 1.13. The lowest BCUT2D eigenvalue weighted by Crippen LogP contribution is -2.43. The first kappa shape index (κ1) is 15.7. The zero-order valence-electron chi connectivity index (χ0n) is 13.6. The van der Waals surface area contributed by atoms with Gasteiger partial charge in [0.2, 0.25) is 0 Å². The third-order valence-corrected chi connectivity index (χ3v) is 4.85. The van der Waals surface area contributed by atoms with Crippen molar-refractivity contribution in [3.05, 3.63) is 53.8 Å². The molecule has 0 saturated heterocycles. The lowest BCUT2D eigenvalue weighted by atomic mass is 10.1. The number of benzene rings is 1. The summed E-state index contributed by atoms with van der Waals surface area (Å²) in [4.78, 5) is 27.6. The summed E-state index contributed by atoms with van der Waals surface area (Å²) in [5.41, 5.74) is 1.18. The quantitative estimate of drug-likeness (QED) is 0.722. The predicted molar refractivity (Wildman–Crippen MR) is 96.0 cm³/mol. The van der Waals surface area contributed by atoms with E-state index >= 15 is 0 Å². The fourth-order valence-electron chi connectivity index (χ4n) is 2.73. The van der Waals surface area contributed by atoms with Gasteiger partial charge in [0.15, 0.2) is 10.8 Å². The van der Waals surface area contributed by atoms with Crippen molar-refractivity contribution in [3.63, 3.8) is 0 Å². The van der Waals surface area contributed by atoms with E-state index in [4.69, 9.17) is 4.74 Å². The molecular weight excluding hydrogens is 336 g/mol. The molecule has 0 spiro atoms. The number of anilines is 1. The van der Waals surface area contributed by atoms with Crippen LogP contribution in [-0.4, -0.2) is 33.5 Å². The molecule has 0 saturated carbocycles. The van der Waals surface area contributed by atoms with Gasteiger partial charge in [-0.25, -0.2) is 15.0 Å². The number of nitrogens with zero attached hydrogens (tertiary/aromatic N) is 4. The van der Waals surface area contributed by atoms with Gasteiger partial charge in [-0.2, -0.15) is 0 Å². The van der Waals surface area contributed by atoms with Crippen LogP contribution in [0.3, 0.4) is 0 Å². The van der Waals surface area contributed by atoms with E-state index in [1.165, 1.54) is 11.3 Å². The van der Waals surface area contributed by atoms with E-state index in [9.17, 15) is 4.79 Å². The lowest BCUT2D eigenvalue weighted by Gasteiger charge is -2.34. The van der Waals surface area contributed by atoms with Gasteiger partial charge in [-0.1, -0.05) is 19.1 Å². The standard InChI is InChI=1S/C18H16N4O2S/c1-2-12-10-22(14-6-3-4-7-15(14)24-12)18(23)13-11-25-17(21-13)16-19-8-5-9-20-16/h3-9,11-12H,2,10H2,1H3/t12-/m1/s1. The summed E-state index contributed by atoms with van der Waals surface area (Å²) in [6.45, 7) is 2.57. The van der Waals surface area contributed by atoms with Gasteiger partial charge in [-0.15, -0.1) is 11.3 Å². The molecule has 7 heteroatoms. The van der Waals surface area contributed by atoms with Crippen molar-refractivity contribution in [3.8, 4) is 16.6 Å². The number of hydrogen-bond donors (Lipinski definition) is 0. The Bertz CT molecular complexity index is 897. The Kier molecular flexibility index (Phi) is 4.15. The highest BCUT2D eigenvalue weighted by atomic mass is 32.1. The largest absolute Gasteiger partial charge is 0.486 e. The second-order valence-corrected chi connectivity index (χ2v) is 6.50. The molecule has 0 fully saturated rings. The summed E-state index contributed by atoms with van der Waals surface area (Å²) >= 11 is 1.37. The van der Waals surface area contributed by atoms with Crippen LogP contribution >= 0.6 is 11.3 Å². The maximum Gasteiger partial charge on any atom is 0.278 e. The van der Waals surface area contributed by atoms with Crippen LogP contribution in [0.5, 0.6) is 5.75 Å². The Hall–Kier alpha value is -2.80. The van der Waals surface area contributed by atoms with Gasteiger partial charge >= 0.3 is 0 Å². The highest BCUT2D eigenvalue weighted by Crippen LogP contribution is 2.35. The first-order valence-electron chi connectivity index (χ1n) is 8.06. The third-order valence-electron chi connectivity index (χ3n) is 4.02. The number of fused-ring (bicyclic) bond motifs is 1. The lowest BCUT2D eigenvalue weighted by molar-refractivity contribution is 0.0950. The van der Waals surface area contributed by atoms with Crippen LogP contribution in [0.15, 0.2) is 48.1 Å². The number of carbonyl (C=O) groups is 1. The SMILES string of the molecule is CC[C@@H]1CN(C(=O)c2csc(-c3ncccn3)n2)c2ccccc2O1. The molecule has 0 radical (unpaired) electrons. The van der Waals surface area contributed by atoms with Crippen LogP contribution in [0.25, 0.3) is 10.8 Å². The number of hydrogen-bond acceptors (Lipinski definition) is 6. The summed E-state index contributed by atoms with van der Waals surface area (Å²) < 4.78 is 5.94. The number of thiazole rings is 1. The van der Waals surface area contributed by atoms with Gasteiger partial charge in [0, 0.05) is 17.8 Å². The number of para-hydroxylation sites is 2. The van der Waals surface area contributed by atoms with Crippen molar-refractivity contribution in [1.82, 2.24) is 15.0 Å². The molecule has 0 N–H and O–H groups in total. The summed E-state index contributed by atoms with van der Waals surface area (Å²) in [6.07, 6.45) is 4.14. The first-order valence-corrected chi connectivity index (χ1v) is 8.94. The number of amides is 1. The number of rotatable bonds is 3. The third kappa shape index (κ3) is 2.98. The molecule has 0 bridgehead atoms. The molecule has 0 aliphatic carbocycles. The Labute approximate surface area is 149 Å². The fraction of sp³-hybridized carbons (Fsp3) is 0.222. The van der Waals surface area contributed by atoms with Crippen molar-refractivity contribution in [1.29, 1.82) is 0 Å². The Balaban J connectivity index is 1.66. The van der Waals surface area contributed by atoms with E-state index in [-0.39, 0.29) is 12.0 Å². The van der Waals surface area contributed by atoms with Crippen molar-refractivity contribution < 1.29 is 9.53 Å². The Morgan fingerprint density at radius 2 is 2.08 bits per heavy atom. The van der Waals surface area contributed by atoms with Crippen molar-refractivity contribution >= 4 is 22.9 Å². The zero-order chi connectivity index (χ0) is 17.2. The van der Waals surface area contributed by atoms with Crippen LogP contribution in [0.2, 0.25) is 0 Å². The topological polar surface area (TPSA) is 68.2 Å². The number of carbonyl (C=O) groups excluding carboxylic acids is 1. The highest BCUT2D eigenvalue weighted by molar-refractivity contribution is 7.13. The molecule has 1 aliphatic rings. The van der Waals surface area contributed by atoms with Crippen LogP contribution in [-0.2, 0) is 0 Å². The van der Waals surface area contributed by atoms with Crippen LogP contribution in [0, 0.1) is 0 Å². The predicted octanol–water partition coefficient (Wildman–Crippen LogP) is 3.42. The molecule has 1 atom stereocenters. The van der Waals surface area contributed by atoms with Gasteiger partial charge in [-0.05, 0) is 24.6 Å². The van der Waals surface area contributed by atoms with Gasteiger partial charge in [0.05, 0.1) is 12.2 Å². The van der Waals surface area contributed by atoms with Crippen molar-refractivity contribution in [2.45, 2.75) is 19.4 Å². The highest BCUT2D eigenvalue weighted by Gasteiger charge is 2.30. The fourth-order valence-corrected chi connectivity index (χ4v) is 3.46. The average molecular weight is 352 g/mol. The maximum absolute atomic E-state index is 13.0. The second-order valence-electron chi connectivity index (χ2n) is 5.64. The number of aromatic nitrogens is 3. The zero-order valence-corrected chi connectivity index (χ0v) is 14.4. The van der Waals surface area contributed by atoms with Gasteiger partial charge in [0.1, 0.15) is 17.5 Å². The summed E-state index contributed by atoms with van der Waals surface area (Å²) in [7, 11) is 0. The average Bonchev–Trinajstić information content (AvgIpc) is 3.17. The molecule has 4 rings (SSSR count). The molecule has 126 valence electrons. The molecule has 2 aromatic heterocycles. The number of ether oxygens (including phenoxy) is 1. The minimum absolute atomic E-state index is 0.0191.